The fourth-order valence-electron chi connectivity index (χ4n) is 4.72. The van der Waals surface area contributed by atoms with E-state index in [4.69, 9.17) is 9.47 Å². The third kappa shape index (κ3) is 3.68. The molecule has 3 aromatic heterocycles. The monoisotopic (exact) mass is 484 g/mol. The summed E-state index contributed by atoms with van der Waals surface area (Å²) < 4.78 is 15.3. The van der Waals surface area contributed by atoms with Gasteiger partial charge in [0.15, 0.2) is 18.3 Å². The zero-order valence-corrected chi connectivity index (χ0v) is 19.5. The van der Waals surface area contributed by atoms with Gasteiger partial charge in [-0.05, 0) is 31.0 Å². The van der Waals surface area contributed by atoms with E-state index >= 15 is 0 Å². The fourth-order valence-corrected chi connectivity index (χ4v) is 4.72. The number of imidazole rings is 1. The highest BCUT2D eigenvalue weighted by molar-refractivity contribution is 6.05. The molecule has 0 bridgehead atoms. The summed E-state index contributed by atoms with van der Waals surface area (Å²) in [6.45, 7) is 3.13. The van der Waals surface area contributed by atoms with Crippen LogP contribution in [0.1, 0.15) is 34.9 Å². The minimum absolute atomic E-state index is 0.281. The van der Waals surface area contributed by atoms with Crippen LogP contribution in [0.25, 0.3) is 17.1 Å². The number of carbonyl (C=O) groups is 1. The molecule has 0 unspecified atom stereocenters. The number of para-hydroxylation sites is 1. The van der Waals surface area contributed by atoms with Crippen molar-refractivity contribution in [2.24, 2.45) is 0 Å². The quantitative estimate of drug-likeness (QED) is 0.460. The summed E-state index contributed by atoms with van der Waals surface area (Å²) in [4.78, 5) is 24.8. The van der Waals surface area contributed by atoms with Gasteiger partial charge in [-0.3, -0.25) is 9.36 Å². The van der Waals surface area contributed by atoms with Crippen molar-refractivity contribution >= 4 is 17.3 Å². The van der Waals surface area contributed by atoms with Gasteiger partial charge in [-0.1, -0.05) is 6.07 Å². The molecule has 0 radical (unpaired) electrons. The van der Waals surface area contributed by atoms with Gasteiger partial charge in [-0.2, -0.15) is 0 Å². The molecule has 1 saturated heterocycles. The lowest BCUT2D eigenvalue weighted by Gasteiger charge is -2.30. The summed E-state index contributed by atoms with van der Waals surface area (Å²) in [5.41, 5.74) is 4.56. The highest BCUT2D eigenvalue weighted by Gasteiger charge is 2.27. The smallest absolute Gasteiger partial charge is 0.274 e. The van der Waals surface area contributed by atoms with Gasteiger partial charge in [0.05, 0.1) is 54.1 Å². The van der Waals surface area contributed by atoms with Crippen molar-refractivity contribution in [2.75, 3.05) is 36.5 Å². The van der Waals surface area contributed by atoms with Gasteiger partial charge in [0.1, 0.15) is 12.0 Å². The van der Waals surface area contributed by atoms with Crippen molar-refractivity contribution < 1.29 is 14.3 Å². The molecule has 0 atom stereocenters. The van der Waals surface area contributed by atoms with Crippen LogP contribution in [0, 0.1) is 0 Å². The lowest BCUT2D eigenvalue weighted by Crippen LogP contribution is -2.37. The zero-order valence-electron chi connectivity index (χ0n) is 19.5. The molecule has 4 aromatic rings. The molecule has 182 valence electrons. The molecule has 36 heavy (non-hydrogen) atoms. The van der Waals surface area contributed by atoms with Gasteiger partial charge in [0.2, 0.25) is 0 Å². The van der Waals surface area contributed by atoms with Crippen LogP contribution in [0.4, 0.5) is 11.4 Å². The SMILES string of the molecule is O=C(Nc1cccc2c1OCn1cnnc1-2)c1cc(-n2cnc(C3CC3)c2)c(N2CCOCC2)cn1. The van der Waals surface area contributed by atoms with Crippen molar-refractivity contribution in [2.45, 2.75) is 25.5 Å². The van der Waals surface area contributed by atoms with Crippen LogP contribution < -0.4 is 15.0 Å². The average Bonchev–Trinajstić information content (AvgIpc) is 3.44. The molecule has 1 saturated carbocycles. The van der Waals surface area contributed by atoms with E-state index in [9.17, 15) is 4.79 Å². The Bertz CT molecular complexity index is 1450. The van der Waals surface area contributed by atoms with Gasteiger partial charge < -0.3 is 24.3 Å². The van der Waals surface area contributed by atoms with E-state index in [1.807, 2.05) is 39.7 Å². The van der Waals surface area contributed by atoms with Crippen LogP contribution in [0.15, 0.2) is 49.3 Å². The number of pyridine rings is 1. The summed E-state index contributed by atoms with van der Waals surface area (Å²) >= 11 is 0. The lowest BCUT2D eigenvalue weighted by atomic mass is 10.1. The Morgan fingerprint density at radius 3 is 2.83 bits per heavy atom. The molecule has 1 amide bonds. The number of nitrogens with one attached hydrogen (secondary N) is 1. The van der Waals surface area contributed by atoms with Crippen LogP contribution in [-0.2, 0) is 11.5 Å². The number of amides is 1. The Hall–Kier alpha value is -4.25. The Kier molecular flexibility index (Phi) is 4.95. The van der Waals surface area contributed by atoms with E-state index in [0.29, 0.717) is 42.1 Å². The molecule has 3 aliphatic rings. The summed E-state index contributed by atoms with van der Waals surface area (Å²) in [6.07, 6.45) is 9.64. The highest BCUT2D eigenvalue weighted by atomic mass is 16.5. The molecule has 11 nitrogen and oxygen atoms in total. The van der Waals surface area contributed by atoms with E-state index in [0.717, 1.165) is 35.7 Å². The predicted octanol–water partition coefficient (Wildman–Crippen LogP) is 2.84. The first-order chi connectivity index (χ1) is 17.7. The van der Waals surface area contributed by atoms with Crippen molar-refractivity contribution in [3.8, 4) is 22.8 Å². The first kappa shape index (κ1) is 21.1. The Balaban J connectivity index is 1.22. The Morgan fingerprint density at radius 2 is 1.97 bits per heavy atom. The normalized spacial score (nSPS) is 16.7. The molecule has 2 fully saturated rings. The summed E-state index contributed by atoms with van der Waals surface area (Å²) in [5.74, 6) is 1.49. The van der Waals surface area contributed by atoms with Crippen molar-refractivity contribution in [1.82, 2.24) is 29.3 Å². The third-order valence-corrected chi connectivity index (χ3v) is 6.79. The number of benzene rings is 1. The van der Waals surface area contributed by atoms with Crippen LogP contribution in [0.2, 0.25) is 0 Å². The van der Waals surface area contributed by atoms with E-state index in [1.165, 1.54) is 12.8 Å². The Labute approximate surface area is 206 Å². The number of hydrogen-bond donors (Lipinski definition) is 1. The van der Waals surface area contributed by atoms with Crippen molar-refractivity contribution in [3.63, 3.8) is 0 Å². The molecule has 1 N–H and O–H groups in total. The number of morpholine rings is 1. The van der Waals surface area contributed by atoms with Crippen molar-refractivity contribution in [1.29, 1.82) is 0 Å². The molecule has 11 heteroatoms. The number of carbonyl (C=O) groups excluding carboxylic acids is 1. The topological polar surface area (TPSA) is 112 Å². The second kappa shape index (κ2) is 8.45. The maximum Gasteiger partial charge on any atom is 0.274 e. The second-order valence-corrected chi connectivity index (χ2v) is 9.17. The van der Waals surface area contributed by atoms with E-state index in [-0.39, 0.29) is 12.6 Å². The third-order valence-electron chi connectivity index (χ3n) is 6.79. The lowest BCUT2D eigenvalue weighted by molar-refractivity contribution is 0.102. The van der Waals surface area contributed by atoms with Crippen LogP contribution in [0.5, 0.6) is 5.75 Å². The number of aromatic nitrogens is 6. The minimum atomic E-state index is -0.323. The first-order valence-electron chi connectivity index (χ1n) is 12.1. The van der Waals surface area contributed by atoms with Crippen LogP contribution >= 0.6 is 0 Å². The average molecular weight is 485 g/mol. The van der Waals surface area contributed by atoms with E-state index in [1.54, 1.807) is 12.5 Å². The van der Waals surface area contributed by atoms with Gasteiger partial charge in [-0.25, -0.2) is 9.97 Å². The molecule has 1 aliphatic carbocycles. The van der Waals surface area contributed by atoms with Gasteiger partial charge in [0, 0.05) is 25.2 Å². The Morgan fingerprint density at radius 1 is 1.08 bits per heavy atom. The van der Waals surface area contributed by atoms with Gasteiger partial charge in [0.25, 0.3) is 5.91 Å². The number of hydrogen-bond acceptors (Lipinski definition) is 8. The molecular formula is C25H24N8O3. The number of nitrogens with zero attached hydrogens (tertiary/aromatic N) is 7. The number of anilines is 2. The first-order valence-corrected chi connectivity index (χ1v) is 12.1. The molecule has 2 aliphatic heterocycles. The molecule has 7 rings (SSSR count). The molecular weight excluding hydrogens is 460 g/mol. The highest BCUT2D eigenvalue weighted by Crippen LogP contribution is 2.40. The molecule has 5 heterocycles. The maximum absolute atomic E-state index is 13.4. The second-order valence-electron chi connectivity index (χ2n) is 9.17. The van der Waals surface area contributed by atoms with Crippen LogP contribution in [-0.4, -0.2) is 61.5 Å². The van der Waals surface area contributed by atoms with Gasteiger partial charge >= 0.3 is 0 Å². The summed E-state index contributed by atoms with van der Waals surface area (Å²) in [5, 5.41) is 11.1. The van der Waals surface area contributed by atoms with E-state index in [2.05, 4.69) is 36.6 Å². The van der Waals surface area contributed by atoms with Gasteiger partial charge in [-0.15, -0.1) is 10.2 Å². The molecule has 0 spiro atoms. The zero-order chi connectivity index (χ0) is 24.1. The largest absolute Gasteiger partial charge is 0.470 e. The predicted molar refractivity (Wildman–Crippen MR) is 130 cm³/mol. The number of rotatable bonds is 5. The standard InChI is InChI=1S/C25H24N8O3/c34-25(29-18-3-1-2-17-23(18)36-15-33-14-28-30-24(17)33)19-10-21(32-12-20(27-13-32)16-4-5-16)22(11-26-19)31-6-8-35-9-7-31/h1-3,10-14,16H,4-9,15H2,(H,29,34). The van der Waals surface area contributed by atoms with E-state index < -0.39 is 0 Å². The van der Waals surface area contributed by atoms with Crippen LogP contribution in [0.3, 0.4) is 0 Å². The minimum Gasteiger partial charge on any atom is -0.470 e. The fraction of sp³-hybridized carbons (Fsp3) is 0.320. The summed E-state index contributed by atoms with van der Waals surface area (Å²) in [6, 6.07) is 7.39. The van der Waals surface area contributed by atoms with Crippen molar-refractivity contribution in [3.05, 3.63) is 60.7 Å². The number of ether oxygens (including phenoxy) is 2. The summed E-state index contributed by atoms with van der Waals surface area (Å²) in [7, 11) is 0. The number of fused-ring (bicyclic) bond motifs is 3. The molecule has 1 aromatic carbocycles. The maximum atomic E-state index is 13.4.